The SMILES string of the molecule is O=C(OCc1ccccc1)N1CC(c2c[nH]c3ccccc23)[C@H]2NCC[C@H]21. The number of ether oxygens (including phenoxy) is 1. The molecule has 3 atom stereocenters. The summed E-state index contributed by atoms with van der Waals surface area (Å²) < 4.78 is 5.62. The molecule has 0 bridgehead atoms. The van der Waals surface area contributed by atoms with Crippen LogP contribution in [0.25, 0.3) is 10.9 Å². The van der Waals surface area contributed by atoms with Gasteiger partial charge in [0.25, 0.3) is 0 Å². The average Bonchev–Trinajstić information content (AvgIpc) is 3.42. The number of hydrogen-bond acceptors (Lipinski definition) is 3. The molecular weight excluding hydrogens is 338 g/mol. The van der Waals surface area contributed by atoms with Crippen LogP contribution in [0.1, 0.15) is 23.5 Å². The van der Waals surface area contributed by atoms with Crippen LogP contribution in [0.2, 0.25) is 0 Å². The number of aromatic nitrogens is 1. The topological polar surface area (TPSA) is 57.4 Å². The number of aromatic amines is 1. The lowest BCUT2D eigenvalue weighted by atomic mass is 9.92. The van der Waals surface area contributed by atoms with Gasteiger partial charge in [0.15, 0.2) is 0 Å². The fraction of sp³-hybridized carbons (Fsp3) is 0.318. The number of para-hydroxylation sites is 1. The van der Waals surface area contributed by atoms with E-state index in [1.54, 1.807) is 0 Å². The predicted molar refractivity (Wildman–Crippen MR) is 105 cm³/mol. The maximum Gasteiger partial charge on any atom is 0.410 e. The summed E-state index contributed by atoms with van der Waals surface area (Å²) in [6, 6.07) is 18.7. The molecule has 2 saturated heterocycles. The van der Waals surface area contributed by atoms with Crippen molar-refractivity contribution in [1.29, 1.82) is 0 Å². The first kappa shape index (κ1) is 16.4. The first-order valence-corrected chi connectivity index (χ1v) is 9.58. The van der Waals surface area contributed by atoms with E-state index in [1.807, 2.05) is 41.3 Å². The summed E-state index contributed by atoms with van der Waals surface area (Å²) in [5.74, 6) is 0.276. The van der Waals surface area contributed by atoms with Crippen LogP contribution in [0.5, 0.6) is 0 Å². The lowest BCUT2D eigenvalue weighted by Gasteiger charge is -2.22. The van der Waals surface area contributed by atoms with E-state index in [9.17, 15) is 4.79 Å². The first-order chi connectivity index (χ1) is 13.3. The number of likely N-dealkylation sites (tertiary alicyclic amines) is 1. The van der Waals surface area contributed by atoms with E-state index in [1.165, 1.54) is 10.9 Å². The summed E-state index contributed by atoms with van der Waals surface area (Å²) in [5, 5.41) is 4.86. The number of nitrogens with one attached hydrogen (secondary N) is 2. The molecule has 0 saturated carbocycles. The molecule has 0 aliphatic carbocycles. The lowest BCUT2D eigenvalue weighted by Crippen LogP contribution is -2.39. The summed E-state index contributed by atoms with van der Waals surface area (Å²) in [5.41, 5.74) is 3.44. The molecule has 2 aliphatic rings. The standard InChI is InChI=1S/C22H23N3O2/c26-22(27-14-15-6-2-1-3-7-15)25-13-18(21-20(25)10-11-23-21)17-12-24-19-9-5-4-8-16(17)19/h1-9,12,18,20-21,23-24H,10-11,13-14H2/t18?,20-,21-/m1/s1. The van der Waals surface area contributed by atoms with Crippen molar-refractivity contribution in [1.82, 2.24) is 15.2 Å². The van der Waals surface area contributed by atoms with Crippen molar-refractivity contribution in [2.45, 2.75) is 31.0 Å². The number of amides is 1. The zero-order valence-corrected chi connectivity index (χ0v) is 15.1. The molecule has 27 heavy (non-hydrogen) atoms. The molecule has 2 fully saturated rings. The van der Waals surface area contributed by atoms with Gasteiger partial charge in [0.05, 0.1) is 6.04 Å². The van der Waals surface area contributed by atoms with E-state index in [0.717, 1.165) is 24.0 Å². The molecule has 2 N–H and O–H groups in total. The number of nitrogens with zero attached hydrogens (tertiary/aromatic N) is 1. The van der Waals surface area contributed by atoms with Crippen molar-refractivity contribution in [3.63, 3.8) is 0 Å². The van der Waals surface area contributed by atoms with Gasteiger partial charge in [-0.2, -0.15) is 0 Å². The molecule has 0 spiro atoms. The smallest absolute Gasteiger partial charge is 0.410 e. The van der Waals surface area contributed by atoms with Crippen molar-refractivity contribution in [3.8, 4) is 0 Å². The highest BCUT2D eigenvalue weighted by Gasteiger charge is 2.48. The molecule has 1 aromatic heterocycles. The molecule has 138 valence electrons. The fourth-order valence-corrected chi connectivity index (χ4v) is 4.64. The molecule has 1 unspecified atom stereocenters. The van der Waals surface area contributed by atoms with E-state index < -0.39 is 0 Å². The van der Waals surface area contributed by atoms with E-state index >= 15 is 0 Å². The van der Waals surface area contributed by atoms with Crippen LogP contribution in [-0.4, -0.2) is 41.2 Å². The van der Waals surface area contributed by atoms with Crippen LogP contribution in [0.4, 0.5) is 4.79 Å². The molecule has 5 nitrogen and oxygen atoms in total. The Morgan fingerprint density at radius 1 is 1.11 bits per heavy atom. The van der Waals surface area contributed by atoms with Crippen molar-refractivity contribution in [2.75, 3.05) is 13.1 Å². The molecule has 3 heterocycles. The first-order valence-electron chi connectivity index (χ1n) is 9.58. The normalized spacial score (nSPS) is 24.3. The number of fused-ring (bicyclic) bond motifs is 2. The summed E-state index contributed by atoms with van der Waals surface area (Å²) in [4.78, 5) is 18.1. The zero-order valence-electron chi connectivity index (χ0n) is 15.1. The van der Waals surface area contributed by atoms with Crippen LogP contribution in [-0.2, 0) is 11.3 Å². The summed E-state index contributed by atoms with van der Waals surface area (Å²) >= 11 is 0. The quantitative estimate of drug-likeness (QED) is 0.749. The number of benzene rings is 2. The molecule has 2 aromatic carbocycles. The van der Waals surface area contributed by atoms with Crippen molar-refractivity contribution in [2.24, 2.45) is 0 Å². The second kappa shape index (κ2) is 6.74. The average molecular weight is 361 g/mol. The second-order valence-electron chi connectivity index (χ2n) is 7.42. The summed E-state index contributed by atoms with van der Waals surface area (Å²) in [7, 11) is 0. The summed E-state index contributed by atoms with van der Waals surface area (Å²) in [6.45, 7) is 1.95. The summed E-state index contributed by atoms with van der Waals surface area (Å²) in [6.07, 6.45) is 2.87. The fourth-order valence-electron chi connectivity index (χ4n) is 4.64. The van der Waals surface area contributed by atoms with Gasteiger partial charge < -0.3 is 19.9 Å². The molecule has 2 aliphatic heterocycles. The molecule has 5 heteroatoms. The van der Waals surface area contributed by atoms with Gasteiger partial charge in [-0.15, -0.1) is 0 Å². The van der Waals surface area contributed by atoms with Crippen molar-refractivity contribution >= 4 is 17.0 Å². The lowest BCUT2D eigenvalue weighted by molar-refractivity contribution is 0.0920. The third kappa shape index (κ3) is 2.88. The Bertz CT molecular complexity index is 952. The van der Waals surface area contributed by atoms with Crippen LogP contribution >= 0.6 is 0 Å². The Morgan fingerprint density at radius 3 is 2.81 bits per heavy atom. The Hall–Kier alpha value is -2.79. The third-order valence-electron chi connectivity index (χ3n) is 5.92. The van der Waals surface area contributed by atoms with Gasteiger partial charge in [-0.25, -0.2) is 4.79 Å². The molecule has 5 rings (SSSR count). The molecule has 0 radical (unpaired) electrons. The highest BCUT2D eigenvalue weighted by Crippen LogP contribution is 2.39. The molecule has 1 amide bonds. The van der Waals surface area contributed by atoms with Gasteiger partial charge in [0, 0.05) is 35.6 Å². The monoisotopic (exact) mass is 361 g/mol. The largest absolute Gasteiger partial charge is 0.445 e. The number of rotatable bonds is 3. The van der Waals surface area contributed by atoms with Crippen LogP contribution < -0.4 is 5.32 Å². The van der Waals surface area contributed by atoms with E-state index in [2.05, 4.69) is 34.7 Å². The number of carbonyl (C=O) groups is 1. The Kier molecular flexibility index (Phi) is 4.09. The minimum absolute atomic E-state index is 0.201. The van der Waals surface area contributed by atoms with E-state index in [0.29, 0.717) is 13.2 Å². The number of hydrogen-bond donors (Lipinski definition) is 2. The zero-order chi connectivity index (χ0) is 18.2. The van der Waals surface area contributed by atoms with Crippen molar-refractivity contribution < 1.29 is 9.53 Å². The molecule has 3 aromatic rings. The Morgan fingerprint density at radius 2 is 1.93 bits per heavy atom. The van der Waals surface area contributed by atoms with Gasteiger partial charge in [-0.05, 0) is 30.2 Å². The van der Waals surface area contributed by atoms with Crippen molar-refractivity contribution in [3.05, 3.63) is 71.9 Å². The Labute approximate surface area is 158 Å². The van der Waals surface area contributed by atoms with E-state index in [-0.39, 0.29) is 24.1 Å². The second-order valence-corrected chi connectivity index (χ2v) is 7.42. The Balaban J connectivity index is 1.36. The number of carbonyl (C=O) groups excluding carboxylic acids is 1. The van der Waals surface area contributed by atoms with Crippen LogP contribution in [0.3, 0.4) is 0 Å². The van der Waals surface area contributed by atoms with Gasteiger partial charge in [-0.1, -0.05) is 48.5 Å². The van der Waals surface area contributed by atoms with Gasteiger partial charge in [0.1, 0.15) is 6.61 Å². The molecular formula is C22H23N3O2. The number of H-pyrrole nitrogens is 1. The van der Waals surface area contributed by atoms with Gasteiger partial charge in [0.2, 0.25) is 0 Å². The minimum atomic E-state index is -0.208. The highest BCUT2D eigenvalue weighted by molar-refractivity contribution is 5.84. The van der Waals surface area contributed by atoms with Crippen LogP contribution in [0.15, 0.2) is 60.8 Å². The highest BCUT2D eigenvalue weighted by atomic mass is 16.6. The van der Waals surface area contributed by atoms with Crippen LogP contribution in [0, 0.1) is 0 Å². The van der Waals surface area contributed by atoms with E-state index in [4.69, 9.17) is 4.74 Å². The minimum Gasteiger partial charge on any atom is -0.445 e. The van der Waals surface area contributed by atoms with Gasteiger partial charge >= 0.3 is 6.09 Å². The van der Waals surface area contributed by atoms with Gasteiger partial charge in [-0.3, -0.25) is 0 Å². The third-order valence-corrected chi connectivity index (χ3v) is 5.92. The maximum absolute atomic E-state index is 12.8. The maximum atomic E-state index is 12.8. The predicted octanol–water partition coefficient (Wildman–Crippen LogP) is 3.63.